The maximum atomic E-state index is 13.2. The molecule has 0 unspecified atom stereocenters. The smallest absolute Gasteiger partial charge is 0.344 e. The fourth-order valence-electron chi connectivity index (χ4n) is 3.39. The van der Waals surface area contributed by atoms with E-state index in [1.165, 1.54) is 18.5 Å². The highest BCUT2D eigenvalue weighted by molar-refractivity contribution is 7.99. The minimum Gasteiger partial charge on any atom is -0.452 e. The van der Waals surface area contributed by atoms with Gasteiger partial charge in [-0.25, -0.2) is 9.78 Å². The van der Waals surface area contributed by atoms with E-state index in [0.29, 0.717) is 5.75 Å². The molecule has 0 aliphatic carbocycles. The monoisotopic (exact) mass is 455 g/mol. The second kappa shape index (κ2) is 9.13. The highest BCUT2D eigenvalue weighted by atomic mass is 32.2. The lowest BCUT2D eigenvalue weighted by molar-refractivity contribution is -0.121. The Labute approximate surface area is 194 Å². The first-order chi connectivity index (χ1) is 16.2. The van der Waals surface area contributed by atoms with E-state index in [-0.39, 0.29) is 17.4 Å². The fourth-order valence-corrected chi connectivity index (χ4v) is 4.45. The van der Waals surface area contributed by atoms with Crippen LogP contribution in [-0.4, -0.2) is 28.5 Å². The molecule has 162 valence electrons. The molecule has 2 aromatic heterocycles. The quantitative estimate of drug-likeness (QED) is 0.380. The number of benzene rings is 2. The third-order valence-electron chi connectivity index (χ3n) is 4.85. The Morgan fingerprint density at radius 3 is 2.24 bits per heavy atom. The van der Waals surface area contributed by atoms with Gasteiger partial charge in [0, 0.05) is 22.2 Å². The molecule has 33 heavy (non-hydrogen) atoms. The number of pyridine rings is 2. The zero-order valence-electron chi connectivity index (χ0n) is 17.3. The van der Waals surface area contributed by atoms with Crippen LogP contribution in [0.4, 0.5) is 11.4 Å². The maximum Gasteiger partial charge on any atom is 0.344 e. The third kappa shape index (κ3) is 4.28. The van der Waals surface area contributed by atoms with Crippen molar-refractivity contribution in [3.63, 3.8) is 0 Å². The van der Waals surface area contributed by atoms with Crippen LogP contribution >= 0.6 is 11.8 Å². The van der Waals surface area contributed by atoms with Gasteiger partial charge in [-0.15, -0.1) is 0 Å². The van der Waals surface area contributed by atoms with Crippen molar-refractivity contribution in [2.24, 2.45) is 0 Å². The van der Waals surface area contributed by atoms with Gasteiger partial charge in [-0.05, 0) is 48.5 Å². The Bertz CT molecular complexity index is 1280. The summed E-state index contributed by atoms with van der Waals surface area (Å²) in [5, 5.41) is 0. The van der Waals surface area contributed by atoms with Crippen LogP contribution in [0.2, 0.25) is 0 Å². The molecular formula is C25H17N3O4S. The van der Waals surface area contributed by atoms with Gasteiger partial charge in [0.15, 0.2) is 6.61 Å². The maximum absolute atomic E-state index is 13.2. The zero-order chi connectivity index (χ0) is 22.6. The van der Waals surface area contributed by atoms with Gasteiger partial charge in [-0.1, -0.05) is 36.0 Å². The van der Waals surface area contributed by atoms with Crippen LogP contribution in [0.3, 0.4) is 0 Å². The first kappa shape index (κ1) is 20.7. The summed E-state index contributed by atoms with van der Waals surface area (Å²) in [5.41, 5.74) is 1.62. The van der Waals surface area contributed by atoms with Crippen molar-refractivity contribution >= 4 is 35.0 Å². The number of para-hydroxylation sites is 2. The fraction of sp³-hybridized carbons (Fsp3) is 0.0400. The standard InChI is InChI=1S/C25H17N3O4S/c29-23(28-19-9-1-3-11-21(19)33-22-12-4-2-10-20(22)28)16-31-25(30)18-8-6-14-27-24(18)32-17-7-5-13-26-15-17/h1-15H,16H2. The summed E-state index contributed by atoms with van der Waals surface area (Å²) in [5.74, 6) is -0.557. The van der Waals surface area contributed by atoms with Gasteiger partial charge >= 0.3 is 5.97 Å². The number of esters is 1. The Morgan fingerprint density at radius 2 is 1.55 bits per heavy atom. The van der Waals surface area contributed by atoms with Crippen molar-refractivity contribution in [2.75, 3.05) is 11.5 Å². The highest BCUT2D eigenvalue weighted by Gasteiger charge is 2.29. The Hall–Kier alpha value is -4.17. The molecule has 3 heterocycles. The van der Waals surface area contributed by atoms with E-state index in [1.807, 2.05) is 48.5 Å². The second-order valence-electron chi connectivity index (χ2n) is 6.99. The molecule has 2 aromatic carbocycles. The highest BCUT2D eigenvalue weighted by Crippen LogP contribution is 2.47. The zero-order valence-corrected chi connectivity index (χ0v) is 18.1. The number of fused-ring (bicyclic) bond motifs is 2. The minimum absolute atomic E-state index is 0.0769. The third-order valence-corrected chi connectivity index (χ3v) is 5.98. The number of ether oxygens (including phenoxy) is 2. The number of aromatic nitrogens is 2. The van der Waals surface area contributed by atoms with E-state index in [2.05, 4.69) is 9.97 Å². The van der Waals surface area contributed by atoms with E-state index < -0.39 is 12.6 Å². The molecule has 5 rings (SSSR count). The first-order valence-corrected chi connectivity index (χ1v) is 10.9. The molecule has 0 N–H and O–H groups in total. The summed E-state index contributed by atoms with van der Waals surface area (Å²) in [6, 6.07) is 21.8. The number of hydrogen-bond acceptors (Lipinski definition) is 7. The Morgan fingerprint density at radius 1 is 0.848 bits per heavy atom. The molecule has 0 saturated carbocycles. The van der Waals surface area contributed by atoms with Crippen LogP contribution < -0.4 is 9.64 Å². The summed E-state index contributed by atoms with van der Waals surface area (Å²) in [7, 11) is 0. The lowest BCUT2D eigenvalue weighted by Crippen LogP contribution is -2.32. The van der Waals surface area contributed by atoms with E-state index >= 15 is 0 Å². The average molecular weight is 455 g/mol. The predicted octanol–water partition coefficient (Wildman–Crippen LogP) is 5.26. The van der Waals surface area contributed by atoms with E-state index in [9.17, 15) is 9.59 Å². The van der Waals surface area contributed by atoms with Crippen LogP contribution in [0, 0.1) is 0 Å². The molecule has 1 aliphatic rings. The van der Waals surface area contributed by atoms with Crippen LogP contribution in [0.1, 0.15) is 10.4 Å². The normalized spacial score (nSPS) is 11.8. The molecule has 4 aromatic rings. The number of nitrogens with zero attached hydrogens (tertiary/aromatic N) is 3. The molecule has 0 atom stereocenters. The molecule has 0 saturated heterocycles. The number of carbonyl (C=O) groups is 2. The largest absolute Gasteiger partial charge is 0.452 e. The number of anilines is 2. The molecule has 0 bridgehead atoms. The summed E-state index contributed by atoms with van der Waals surface area (Å²) in [4.78, 5) is 37.6. The molecule has 7 nitrogen and oxygen atoms in total. The second-order valence-corrected chi connectivity index (χ2v) is 8.07. The molecule has 0 spiro atoms. The number of carbonyl (C=O) groups excluding carboxylic acids is 2. The summed E-state index contributed by atoms with van der Waals surface area (Å²) >= 11 is 1.60. The first-order valence-electron chi connectivity index (χ1n) is 10.1. The molecule has 1 aliphatic heterocycles. The molecule has 0 fully saturated rings. The van der Waals surface area contributed by atoms with Gasteiger partial charge in [-0.2, -0.15) is 0 Å². The molecule has 1 amide bonds. The van der Waals surface area contributed by atoms with Crippen LogP contribution in [0.25, 0.3) is 0 Å². The van der Waals surface area contributed by atoms with Crippen molar-refractivity contribution in [3.05, 3.63) is 97.0 Å². The molecule has 0 radical (unpaired) electrons. The summed E-state index contributed by atoms with van der Waals surface area (Å²) in [6.45, 7) is -0.437. The SMILES string of the molecule is O=C(OCC(=O)N1c2ccccc2Sc2ccccc21)c1cccnc1Oc1cccnc1. The van der Waals surface area contributed by atoms with Crippen LogP contribution in [0.15, 0.2) is 101 Å². The van der Waals surface area contributed by atoms with Gasteiger partial charge in [0.05, 0.1) is 17.6 Å². The van der Waals surface area contributed by atoms with Gasteiger partial charge in [-0.3, -0.25) is 14.7 Å². The van der Waals surface area contributed by atoms with Crippen LogP contribution in [0.5, 0.6) is 11.6 Å². The van der Waals surface area contributed by atoms with Gasteiger partial charge in [0.2, 0.25) is 5.88 Å². The summed E-state index contributed by atoms with van der Waals surface area (Å²) < 4.78 is 11.1. The van der Waals surface area contributed by atoms with Crippen molar-refractivity contribution in [2.45, 2.75) is 9.79 Å². The average Bonchev–Trinajstić information content (AvgIpc) is 2.86. The number of hydrogen-bond donors (Lipinski definition) is 0. The van der Waals surface area contributed by atoms with Gasteiger partial charge in [0.1, 0.15) is 11.3 Å². The van der Waals surface area contributed by atoms with Crippen molar-refractivity contribution < 1.29 is 19.1 Å². The van der Waals surface area contributed by atoms with E-state index in [0.717, 1.165) is 21.2 Å². The van der Waals surface area contributed by atoms with Crippen molar-refractivity contribution in [1.29, 1.82) is 0 Å². The topological polar surface area (TPSA) is 81.6 Å². The van der Waals surface area contributed by atoms with Crippen molar-refractivity contribution in [1.82, 2.24) is 9.97 Å². The lowest BCUT2D eigenvalue weighted by Gasteiger charge is -2.30. The number of amides is 1. The molecular weight excluding hydrogens is 438 g/mol. The lowest BCUT2D eigenvalue weighted by atomic mass is 10.2. The van der Waals surface area contributed by atoms with Gasteiger partial charge < -0.3 is 9.47 Å². The predicted molar refractivity (Wildman–Crippen MR) is 123 cm³/mol. The molecule has 8 heteroatoms. The van der Waals surface area contributed by atoms with E-state index in [4.69, 9.17) is 9.47 Å². The Balaban J connectivity index is 1.35. The number of rotatable bonds is 5. The van der Waals surface area contributed by atoms with Gasteiger partial charge in [0.25, 0.3) is 5.91 Å². The minimum atomic E-state index is -0.705. The summed E-state index contributed by atoms with van der Waals surface area (Å²) in [6.07, 6.45) is 4.63. The van der Waals surface area contributed by atoms with E-state index in [1.54, 1.807) is 41.1 Å². The Kier molecular flexibility index (Phi) is 5.73. The van der Waals surface area contributed by atoms with Crippen molar-refractivity contribution in [3.8, 4) is 11.6 Å². The van der Waals surface area contributed by atoms with Crippen LogP contribution in [-0.2, 0) is 9.53 Å².